The average molecular weight is 207 g/mol. The third kappa shape index (κ3) is 2.09. The van der Waals surface area contributed by atoms with Crippen LogP contribution in [0.2, 0.25) is 0 Å². The first-order valence-corrected chi connectivity index (χ1v) is 4.88. The van der Waals surface area contributed by atoms with Crippen LogP contribution in [0.5, 0.6) is 0 Å². The van der Waals surface area contributed by atoms with Gasteiger partial charge in [-0.3, -0.25) is 5.10 Å². The number of nitrogens with one attached hydrogen (secondary N) is 1. The highest BCUT2D eigenvalue weighted by Crippen LogP contribution is 2.21. The molecule has 5 nitrogen and oxygen atoms in total. The molecule has 0 aliphatic carbocycles. The number of pyridine rings is 1. The number of nitrogens with two attached hydrogens (primary N) is 1. The predicted molar refractivity (Wildman–Crippen MR) is 52.6 cm³/mol. The van der Waals surface area contributed by atoms with Gasteiger partial charge in [-0.15, -0.1) is 0 Å². The van der Waals surface area contributed by atoms with Crippen LogP contribution in [-0.2, 0) is 6.54 Å². The molecule has 2 aromatic rings. The fourth-order valence-corrected chi connectivity index (χ4v) is 1.70. The molecule has 0 unspecified atom stereocenters. The number of H-pyrrole nitrogens is 1. The minimum absolute atomic E-state index is 0.520. The molecule has 0 spiro atoms. The number of aromatic amines is 1. The van der Waals surface area contributed by atoms with Crippen molar-refractivity contribution < 1.29 is 0 Å². The van der Waals surface area contributed by atoms with Gasteiger partial charge < -0.3 is 5.73 Å². The number of nitrogens with zero attached hydrogens (tertiary/aromatic N) is 3. The molecule has 3 N–H and O–H groups in total. The lowest BCUT2D eigenvalue weighted by atomic mass is 10.3. The van der Waals surface area contributed by atoms with Gasteiger partial charge in [-0.05, 0) is 29.5 Å². The molecule has 2 heterocycles. The smallest absolute Gasteiger partial charge is 0.189 e. The van der Waals surface area contributed by atoms with E-state index in [-0.39, 0.29) is 0 Å². The fourth-order valence-electron chi connectivity index (χ4n) is 0.976. The van der Waals surface area contributed by atoms with Crippen LogP contribution in [0.1, 0.15) is 5.56 Å². The van der Waals surface area contributed by atoms with Gasteiger partial charge >= 0.3 is 0 Å². The third-order valence-corrected chi connectivity index (χ3v) is 2.45. The van der Waals surface area contributed by atoms with Gasteiger partial charge in [-0.2, -0.15) is 5.10 Å². The first-order valence-electron chi connectivity index (χ1n) is 4.06. The molecule has 0 bridgehead atoms. The maximum absolute atomic E-state index is 5.52. The van der Waals surface area contributed by atoms with Crippen molar-refractivity contribution in [3.05, 3.63) is 30.2 Å². The van der Waals surface area contributed by atoms with Crippen LogP contribution in [0, 0.1) is 0 Å². The van der Waals surface area contributed by atoms with Crippen LogP contribution >= 0.6 is 11.8 Å². The summed E-state index contributed by atoms with van der Waals surface area (Å²) in [4.78, 5) is 8.17. The normalized spacial score (nSPS) is 10.4. The predicted octanol–water partition coefficient (Wildman–Crippen LogP) is 0.810. The highest BCUT2D eigenvalue weighted by atomic mass is 32.2. The largest absolute Gasteiger partial charge is 0.326 e. The quantitative estimate of drug-likeness (QED) is 0.778. The van der Waals surface area contributed by atoms with Crippen molar-refractivity contribution in [3.63, 3.8) is 0 Å². The zero-order valence-electron chi connectivity index (χ0n) is 7.34. The minimum Gasteiger partial charge on any atom is -0.326 e. The van der Waals surface area contributed by atoms with E-state index in [1.807, 2.05) is 12.1 Å². The van der Waals surface area contributed by atoms with Crippen molar-refractivity contribution in [1.29, 1.82) is 0 Å². The summed E-state index contributed by atoms with van der Waals surface area (Å²) in [5.74, 6) is 0. The van der Waals surface area contributed by atoms with Gasteiger partial charge in [0.25, 0.3) is 0 Å². The summed E-state index contributed by atoms with van der Waals surface area (Å²) in [5, 5.41) is 8.10. The SMILES string of the molecule is NCc1ccnc(Sc2ncn[nH]2)c1. The summed E-state index contributed by atoms with van der Waals surface area (Å²) in [5.41, 5.74) is 6.58. The summed E-state index contributed by atoms with van der Waals surface area (Å²) in [6.45, 7) is 0.520. The lowest BCUT2D eigenvalue weighted by molar-refractivity contribution is 0.962. The number of aromatic nitrogens is 4. The Labute approximate surface area is 85.2 Å². The Morgan fingerprint density at radius 3 is 3.07 bits per heavy atom. The molecule has 0 aromatic carbocycles. The van der Waals surface area contributed by atoms with Crippen molar-refractivity contribution in [3.8, 4) is 0 Å². The Morgan fingerprint density at radius 2 is 2.36 bits per heavy atom. The van der Waals surface area contributed by atoms with E-state index in [4.69, 9.17) is 5.73 Å². The second-order valence-corrected chi connectivity index (χ2v) is 3.61. The summed E-state index contributed by atoms with van der Waals surface area (Å²) >= 11 is 1.43. The van der Waals surface area contributed by atoms with Crippen LogP contribution < -0.4 is 5.73 Å². The zero-order valence-corrected chi connectivity index (χ0v) is 8.16. The third-order valence-electron chi connectivity index (χ3n) is 1.63. The molecule has 0 amide bonds. The maximum Gasteiger partial charge on any atom is 0.189 e. The van der Waals surface area contributed by atoms with Crippen LogP contribution in [0.4, 0.5) is 0 Å². The molecule has 0 aliphatic heterocycles. The molecule has 2 aromatic heterocycles. The number of hydrogen-bond acceptors (Lipinski definition) is 5. The van der Waals surface area contributed by atoms with Gasteiger partial charge in [0.05, 0.1) is 0 Å². The fraction of sp³-hybridized carbons (Fsp3) is 0.125. The summed E-state index contributed by atoms with van der Waals surface area (Å²) in [6, 6.07) is 3.83. The lowest BCUT2D eigenvalue weighted by Crippen LogP contribution is -1.96. The van der Waals surface area contributed by atoms with Gasteiger partial charge in [0.2, 0.25) is 0 Å². The van der Waals surface area contributed by atoms with E-state index < -0.39 is 0 Å². The van der Waals surface area contributed by atoms with Gasteiger partial charge in [0, 0.05) is 12.7 Å². The van der Waals surface area contributed by atoms with Crippen molar-refractivity contribution in [2.45, 2.75) is 16.7 Å². The van der Waals surface area contributed by atoms with Crippen molar-refractivity contribution in [2.75, 3.05) is 0 Å². The van der Waals surface area contributed by atoms with Crippen molar-refractivity contribution in [2.24, 2.45) is 5.73 Å². The second-order valence-electron chi connectivity index (χ2n) is 2.60. The van der Waals surface area contributed by atoms with Crippen LogP contribution in [-0.4, -0.2) is 20.2 Å². The van der Waals surface area contributed by atoms with Gasteiger partial charge in [-0.1, -0.05) is 0 Å². The molecular formula is C8H9N5S. The first kappa shape index (κ1) is 9.17. The minimum atomic E-state index is 0.520. The van der Waals surface area contributed by atoms with E-state index >= 15 is 0 Å². The van der Waals surface area contributed by atoms with Gasteiger partial charge in [0.1, 0.15) is 11.4 Å². The first-order chi connectivity index (χ1) is 6.88. The van der Waals surface area contributed by atoms with E-state index in [2.05, 4.69) is 20.2 Å². The van der Waals surface area contributed by atoms with E-state index in [0.29, 0.717) is 6.54 Å². The van der Waals surface area contributed by atoms with Gasteiger partial charge in [0.15, 0.2) is 5.16 Å². The van der Waals surface area contributed by atoms with Crippen LogP contribution in [0.3, 0.4) is 0 Å². The molecule has 2 rings (SSSR count). The average Bonchev–Trinajstić information content (AvgIpc) is 2.71. The van der Waals surface area contributed by atoms with Gasteiger partial charge in [-0.25, -0.2) is 9.97 Å². The maximum atomic E-state index is 5.52. The van der Waals surface area contributed by atoms with E-state index in [1.165, 1.54) is 18.1 Å². The summed E-state index contributed by atoms with van der Waals surface area (Å²) < 4.78 is 0. The van der Waals surface area contributed by atoms with E-state index in [9.17, 15) is 0 Å². The second kappa shape index (κ2) is 4.21. The molecule has 0 atom stereocenters. The molecule has 0 saturated heterocycles. The number of hydrogen-bond donors (Lipinski definition) is 2. The monoisotopic (exact) mass is 207 g/mol. The van der Waals surface area contributed by atoms with Crippen LogP contribution in [0.15, 0.2) is 34.8 Å². The summed E-state index contributed by atoms with van der Waals surface area (Å²) in [6.07, 6.45) is 3.20. The molecule has 0 radical (unpaired) electrons. The molecule has 72 valence electrons. The Kier molecular flexibility index (Phi) is 2.76. The Hall–Kier alpha value is -1.40. The lowest BCUT2D eigenvalue weighted by Gasteiger charge is -1.99. The Bertz CT molecular complexity index is 400. The Morgan fingerprint density at radius 1 is 1.43 bits per heavy atom. The molecular weight excluding hydrogens is 198 g/mol. The van der Waals surface area contributed by atoms with E-state index in [1.54, 1.807) is 6.20 Å². The zero-order chi connectivity index (χ0) is 9.80. The standard InChI is InChI=1S/C8H9N5S/c9-4-6-1-2-10-7(3-6)14-8-11-5-12-13-8/h1-3,5H,4,9H2,(H,11,12,13). The highest BCUT2D eigenvalue weighted by Gasteiger charge is 2.01. The molecule has 0 fully saturated rings. The molecule has 14 heavy (non-hydrogen) atoms. The Balaban J connectivity index is 2.17. The van der Waals surface area contributed by atoms with Crippen LogP contribution in [0.25, 0.3) is 0 Å². The summed E-state index contributed by atoms with van der Waals surface area (Å²) in [7, 11) is 0. The molecule has 0 aliphatic rings. The molecule has 6 heteroatoms. The number of rotatable bonds is 3. The highest BCUT2D eigenvalue weighted by molar-refractivity contribution is 7.99. The van der Waals surface area contributed by atoms with E-state index in [0.717, 1.165) is 15.7 Å². The molecule has 0 saturated carbocycles. The van der Waals surface area contributed by atoms with Crippen molar-refractivity contribution >= 4 is 11.8 Å². The topological polar surface area (TPSA) is 80.5 Å². The van der Waals surface area contributed by atoms with Crippen molar-refractivity contribution in [1.82, 2.24) is 20.2 Å².